The molecule has 0 spiro atoms. The smallest absolute Gasteiger partial charge is 0.285 e. The molecule has 0 fully saturated rings. The minimum absolute atomic E-state index is 0.0107. The van der Waals surface area contributed by atoms with Gasteiger partial charge < -0.3 is 4.40 Å². The predicted octanol–water partition coefficient (Wildman–Crippen LogP) is 3.04. The molecule has 0 aliphatic rings. The van der Waals surface area contributed by atoms with Gasteiger partial charge in [0, 0.05) is 18.1 Å². The van der Waals surface area contributed by atoms with Crippen LogP contribution in [0, 0.1) is 34.6 Å². The van der Waals surface area contributed by atoms with E-state index in [9.17, 15) is 13.2 Å². The number of hydrogen-bond acceptors (Lipinski definition) is 5. The Morgan fingerprint density at radius 2 is 1.70 bits per heavy atom. The number of carbonyl (C=O) groups excluding carboxylic acids is 1. The van der Waals surface area contributed by atoms with Crippen molar-refractivity contribution in [3.8, 4) is 0 Å². The molecular weight excluding hydrogens is 388 g/mol. The lowest BCUT2D eigenvalue weighted by molar-refractivity contribution is 0.0977. The molecule has 0 aliphatic carbocycles. The number of nitrogens with zero attached hydrogens (tertiary/aromatic N) is 3. The van der Waals surface area contributed by atoms with Crippen LogP contribution in [0.3, 0.4) is 0 Å². The maximum atomic E-state index is 12.8. The van der Waals surface area contributed by atoms with Crippen molar-refractivity contribution >= 4 is 33.2 Å². The highest BCUT2D eigenvalue weighted by Crippen LogP contribution is 2.24. The van der Waals surface area contributed by atoms with Gasteiger partial charge in [-0.2, -0.15) is 0 Å². The minimum Gasteiger partial charge on any atom is -0.305 e. The molecular formula is C18H19ClN4O3S. The fraction of sp³-hybridized carbons (Fsp3) is 0.278. The van der Waals surface area contributed by atoms with E-state index < -0.39 is 15.9 Å². The number of fused-ring (bicyclic) bond motifs is 1. The summed E-state index contributed by atoms with van der Waals surface area (Å²) >= 11 is 6.14. The molecule has 0 bridgehead atoms. The van der Waals surface area contributed by atoms with Crippen molar-refractivity contribution in [1.29, 1.82) is 0 Å². The van der Waals surface area contributed by atoms with Gasteiger partial charge in [0.2, 0.25) is 0 Å². The van der Waals surface area contributed by atoms with Crippen LogP contribution in [0.25, 0.3) is 5.65 Å². The standard InChI is InChI=1S/C18H19ClN4O3S/c1-9-6-14(19)17-21-15(8-23(17)7-9)18(24)22-27(25,26)16-11(3)10(2)12(4)20-13(16)5/h6-8H,1-5H3,(H,22,24). The third-order valence-corrected chi connectivity index (χ3v) is 6.35. The van der Waals surface area contributed by atoms with Crippen molar-refractivity contribution in [3.63, 3.8) is 0 Å². The number of carbonyl (C=O) groups is 1. The van der Waals surface area contributed by atoms with Crippen LogP contribution in [-0.4, -0.2) is 28.7 Å². The first-order valence-corrected chi connectivity index (χ1v) is 10.0. The van der Waals surface area contributed by atoms with Crippen LogP contribution >= 0.6 is 11.6 Å². The van der Waals surface area contributed by atoms with Gasteiger partial charge in [-0.1, -0.05) is 11.6 Å². The summed E-state index contributed by atoms with van der Waals surface area (Å²) in [5.74, 6) is -0.829. The summed E-state index contributed by atoms with van der Waals surface area (Å²) in [7, 11) is -4.11. The van der Waals surface area contributed by atoms with Crippen molar-refractivity contribution in [3.05, 3.63) is 57.3 Å². The molecule has 27 heavy (non-hydrogen) atoms. The molecule has 0 radical (unpaired) electrons. The number of rotatable bonds is 3. The summed E-state index contributed by atoms with van der Waals surface area (Å²) in [5, 5.41) is 0.377. The van der Waals surface area contributed by atoms with Gasteiger partial charge in [0.25, 0.3) is 15.9 Å². The van der Waals surface area contributed by atoms with Crippen LogP contribution in [0.2, 0.25) is 5.02 Å². The van der Waals surface area contributed by atoms with Gasteiger partial charge in [0.05, 0.1) is 10.7 Å². The topological polar surface area (TPSA) is 93.4 Å². The number of sulfonamides is 1. The summed E-state index contributed by atoms with van der Waals surface area (Å²) in [6.07, 6.45) is 3.19. The van der Waals surface area contributed by atoms with E-state index >= 15 is 0 Å². The van der Waals surface area contributed by atoms with E-state index in [-0.39, 0.29) is 10.6 Å². The van der Waals surface area contributed by atoms with Gasteiger partial charge in [-0.25, -0.2) is 18.1 Å². The largest absolute Gasteiger partial charge is 0.305 e. The Kier molecular flexibility index (Phi) is 4.73. The van der Waals surface area contributed by atoms with Gasteiger partial charge in [-0.05, 0) is 57.4 Å². The summed E-state index contributed by atoms with van der Waals surface area (Å²) < 4.78 is 29.3. The number of nitrogens with one attached hydrogen (secondary N) is 1. The maximum absolute atomic E-state index is 12.8. The Hall–Kier alpha value is -2.45. The Labute approximate surface area is 162 Å². The van der Waals surface area contributed by atoms with Gasteiger partial charge >= 0.3 is 0 Å². The SMILES string of the molecule is Cc1cc(Cl)c2nc(C(=O)NS(=O)(=O)c3c(C)nc(C)c(C)c3C)cn2c1. The second-order valence-electron chi connectivity index (χ2n) is 6.52. The van der Waals surface area contributed by atoms with E-state index in [1.165, 1.54) is 6.20 Å². The highest BCUT2D eigenvalue weighted by atomic mass is 35.5. The zero-order valence-electron chi connectivity index (χ0n) is 15.6. The molecule has 0 saturated heterocycles. The summed E-state index contributed by atoms with van der Waals surface area (Å²) in [5.41, 5.74) is 3.64. The van der Waals surface area contributed by atoms with E-state index in [1.54, 1.807) is 37.4 Å². The van der Waals surface area contributed by atoms with Gasteiger partial charge in [0.1, 0.15) is 10.6 Å². The Morgan fingerprint density at radius 3 is 2.37 bits per heavy atom. The molecule has 3 aromatic heterocycles. The number of pyridine rings is 2. The molecule has 0 aliphatic heterocycles. The molecule has 7 nitrogen and oxygen atoms in total. The lowest BCUT2D eigenvalue weighted by Crippen LogP contribution is -2.32. The first-order chi connectivity index (χ1) is 12.5. The fourth-order valence-corrected chi connectivity index (χ4v) is 4.77. The van der Waals surface area contributed by atoms with Crippen LogP contribution in [0.15, 0.2) is 23.4 Å². The number of hydrogen-bond donors (Lipinski definition) is 1. The van der Waals surface area contributed by atoms with Crippen LogP contribution in [0.5, 0.6) is 0 Å². The third-order valence-electron chi connectivity index (χ3n) is 4.48. The monoisotopic (exact) mass is 406 g/mol. The van der Waals surface area contributed by atoms with Gasteiger partial charge in [-0.3, -0.25) is 9.78 Å². The predicted molar refractivity (Wildman–Crippen MR) is 103 cm³/mol. The third kappa shape index (κ3) is 3.42. The molecule has 0 unspecified atom stereocenters. The first-order valence-electron chi connectivity index (χ1n) is 8.17. The Morgan fingerprint density at radius 1 is 1.04 bits per heavy atom. The van der Waals surface area contributed by atoms with E-state index in [2.05, 4.69) is 14.7 Å². The molecule has 0 saturated carbocycles. The molecule has 9 heteroatoms. The molecule has 1 amide bonds. The normalized spacial score (nSPS) is 11.8. The van der Waals surface area contributed by atoms with Crippen molar-refractivity contribution in [1.82, 2.24) is 19.1 Å². The number of imidazole rings is 1. The number of aromatic nitrogens is 3. The maximum Gasteiger partial charge on any atom is 0.285 e. The van der Waals surface area contributed by atoms with Crippen molar-refractivity contribution in [2.24, 2.45) is 0 Å². The fourth-order valence-electron chi connectivity index (χ4n) is 3.02. The lowest BCUT2D eigenvalue weighted by Gasteiger charge is -2.14. The minimum atomic E-state index is -4.11. The number of amides is 1. The first kappa shape index (κ1) is 19.3. The molecule has 3 heterocycles. The zero-order valence-corrected chi connectivity index (χ0v) is 17.2. The second-order valence-corrected chi connectivity index (χ2v) is 8.55. The van der Waals surface area contributed by atoms with E-state index in [0.717, 1.165) is 16.8 Å². The summed E-state index contributed by atoms with van der Waals surface area (Å²) in [6.45, 7) is 8.76. The molecule has 3 rings (SSSR count). The quantitative estimate of drug-likeness (QED) is 0.721. The van der Waals surface area contributed by atoms with Crippen LogP contribution in [0.1, 0.15) is 38.6 Å². The van der Waals surface area contributed by atoms with Crippen LogP contribution in [-0.2, 0) is 10.0 Å². The highest BCUT2D eigenvalue weighted by molar-refractivity contribution is 7.90. The average Bonchev–Trinajstić information content (AvgIpc) is 2.96. The lowest BCUT2D eigenvalue weighted by atomic mass is 10.1. The van der Waals surface area contributed by atoms with E-state index in [0.29, 0.717) is 21.9 Å². The summed E-state index contributed by atoms with van der Waals surface area (Å²) in [4.78, 5) is 21.0. The van der Waals surface area contributed by atoms with Gasteiger partial charge in [-0.15, -0.1) is 0 Å². The van der Waals surface area contributed by atoms with Crippen LogP contribution in [0.4, 0.5) is 0 Å². The van der Waals surface area contributed by atoms with Crippen molar-refractivity contribution in [2.45, 2.75) is 39.5 Å². The zero-order chi connectivity index (χ0) is 20.1. The van der Waals surface area contributed by atoms with Crippen molar-refractivity contribution in [2.75, 3.05) is 0 Å². The molecule has 0 atom stereocenters. The molecule has 0 aromatic carbocycles. The Bertz CT molecular complexity index is 1200. The molecule has 142 valence electrons. The Balaban J connectivity index is 2.01. The van der Waals surface area contributed by atoms with Crippen molar-refractivity contribution < 1.29 is 13.2 Å². The van der Waals surface area contributed by atoms with E-state index in [4.69, 9.17) is 11.6 Å². The number of aryl methyl sites for hydroxylation is 3. The highest BCUT2D eigenvalue weighted by Gasteiger charge is 2.26. The summed E-state index contributed by atoms with van der Waals surface area (Å²) in [6, 6.07) is 1.72. The second kappa shape index (κ2) is 6.61. The molecule has 1 N–H and O–H groups in total. The van der Waals surface area contributed by atoms with Gasteiger partial charge in [0.15, 0.2) is 5.65 Å². The molecule has 3 aromatic rings. The van der Waals surface area contributed by atoms with E-state index in [1.807, 2.05) is 13.8 Å². The average molecular weight is 407 g/mol. The number of halogens is 1. The van der Waals surface area contributed by atoms with Crippen LogP contribution < -0.4 is 4.72 Å².